The van der Waals surface area contributed by atoms with Crippen LogP contribution in [0.4, 0.5) is 0 Å². The lowest BCUT2D eigenvalue weighted by Gasteiger charge is -2.27. The minimum absolute atomic E-state index is 0.142. The lowest BCUT2D eigenvalue weighted by molar-refractivity contribution is 0.0413. The fraction of sp³-hybridized carbons (Fsp3) is 0.442. The van der Waals surface area contributed by atoms with E-state index in [0.717, 1.165) is 35.8 Å². The summed E-state index contributed by atoms with van der Waals surface area (Å²) in [5.74, 6) is 3.07. The highest BCUT2D eigenvalue weighted by Crippen LogP contribution is 2.35. The Hall–Kier alpha value is -4.12. The zero-order valence-electron chi connectivity index (χ0n) is 31.0. The van der Waals surface area contributed by atoms with E-state index in [4.69, 9.17) is 28.4 Å². The van der Waals surface area contributed by atoms with E-state index in [-0.39, 0.29) is 36.3 Å². The van der Waals surface area contributed by atoms with Crippen molar-refractivity contribution in [3.63, 3.8) is 0 Å². The summed E-state index contributed by atoms with van der Waals surface area (Å²) < 4.78 is 33.8. The lowest BCUT2D eigenvalue weighted by atomic mass is 9.78. The first-order valence-corrected chi connectivity index (χ1v) is 18.2. The number of hydrogen-bond acceptors (Lipinski definition) is 9. The molecule has 2 fully saturated rings. The van der Waals surface area contributed by atoms with E-state index in [0.29, 0.717) is 37.8 Å². The van der Waals surface area contributed by atoms with Gasteiger partial charge in [0.2, 0.25) is 0 Å². The van der Waals surface area contributed by atoms with Crippen LogP contribution in [0.3, 0.4) is 0 Å². The second-order valence-corrected chi connectivity index (χ2v) is 15.0. The van der Waals surface area contributed by atoms with Crippen molar-refractivity contribution in [3.05, 3.63) is 119 Å². The van der Waals surface area contributed by atoms with Gasteiger partial charge < -0.3 is 43.5 Å². The molecule has 4 aromatic rings. The number of nitrogens with zero attached hydrogens (tertiary/aromatic N) is 1. The maximum Gasteiger partial charge on any atom is 0.119 e. The molecule has 278 valence electrons. The molecule has 0 amide bonds. The second-order valence-electron chi connectivity index (χ2n) is 15.0. The highest BCUT2D eigenvalue weighted by Gasteiger charge is 2.26. The molecular weight excluding hydrogens is 658 g/mol. The van der Waals surface area contributed by atoms with Crippen molar-refractivity contribution in [2.24, 2.45) is 0 Å². The first-order chi connectivity index (χ1) is 25.0. The number of aliphatic hydroxyl groups excluding tert-OH is 2. The van der Waals surface area contributed by atoms with Crippen LogP contribution in [0.5, 0.6) is 23.0 Å². The molecule has 0 saturated carbocycles. The Morgan fingerprint density at radius 1 is 0.538 bits per heavy atom. The molecule has 9 heteroatoms. The monoisotopic (exact) mass is 711 g/mol. The largest absolute Gasteiger partial charge is 0.491 e. The lowest BCUT2D eigenvalue weighted by Crippen LogP contribution is -2.39. The van der Waals surface area contributed by atoms with E-state index in [1.165, 1.54) is 11.1 Å². The molecule has 4 atom stereocenters. The van der Waals surface area contributed by atoms with Gasteiger partial charge in [0.15, 0.2) is 0 Å². The molecule has 0 spiro atoms. The Labute approximate surface area is 308 Å². The highest BCUT2D eigenvalue weighted by molar-refractivity contribution is 5.43. The van der Waals surface area contributed by atoms with Gasteiger partial charge in [0.25, 0.3) is 0 Å². The van der Waals surface area contributed by atoms with Crippen LogP contribution >= 0.6 is 0 Å². The summed E-state index contributed by atoms with van der Waals surface area (Å²) in [6.07, 6.45) is -0.982. The van der Waals surface area contributed by atoms with Gasteiger partial charge in [-0.2, -0.15) is 0 Å². The molecule has 4 aromatic carbocycles. The molecule has 0 aromatic heterocycles. The fourth-order valence-corrected chi connectivity index (χ4v) is 6.20. The average Bonchev–Trinajstić information content (AvgIpc) is 4.08. The van der Waals surface area contributed by atoms with Gasteiger partial charge in [-0.3, -0.25) is 0 Å². The van der Waals surface area contributed by atoms with Crippen molar-refractivity contribution < 1.29 is 38.6 Å². The van der Waals surface area contributed by atoms with Gasteiger partial charge in [-0.25, -0.2) is 0 Å². The van der Waals surface area contributed by atoms with Gasteiger partial charge in [-0.1, -0.05) is 76.2 Å². The van der Waals surface area contributed by atoms with Gasteiger partial charge in [0.1, 0.15) is 73.8 Å². The molecule has 4 unspecified atom stereocenters. The molecule has 9 nitrogen and oxygen atoms in total. The molecule has 2 aliphatic rings. The fourth-order valence-electron chi connectivity index (χ4n) is 6.20. The number of aliphatic hydroxyl groups is 2. The first-order valence-electron chi connectivity index (χ1n) is 18.2. The standard InChI is InChI=1S/C43H53NO8/c1-42(2,32-10-18-38(19-11-32)49-26-40-28-51-40)30-6-14-36(15-7-30)47-24-34(45)22-44(5)23-35(46)25-48-37-16-8-31(9-17-37)43(3,4)33-12-20-39(21-13-33)50-27-41-29-52-41/h6-21,34-35,40-41,45-46H,22-29H2,1-5H3. The summed E-state index contributed by atoms with van der Waals surface area (Å²) in [5.41, 5.74) is 4.26. The van der Waals surface area contributed by atoms with Gasteiger partial charge in [-0.15, -0.1) is 0 Å². The molecule has 6 rings (SSSR count). The Kier molecular flexibility index (Phi) is 12.1. The van der Waals surface area contributed by atoms with E-state index in [1.54, 1.807) is 0 Å². The van der Waals surface area contributed by atoms with Crippen LogP contribution in [0.1, 0.15) is 49.9 Å². The number of likely N-dealkylation sites (N-methyl/N-ethyl adjacent to an activating group) is 1. The molecular formula is C43H53NO8. The molecule has 0 aliphatic carbocycles. The first kappa shape index (κ1) is 37.6. The maximum atomic E-state index is 10.7. The number of benzene rings is 4. The average molecular weight is 712 g/mol. The molecule has 2 N–H and O–H groups in total. The number of epoxide rings is 2. The van der Waals surface area contributed by atoms with Crippen LogP contribution in [-0.4, -0.2) is 99.3 Å². The van der Waals surface area contributed by atoms with Crippen molar-refractivity contribution in [1.29, 1.82) is 0 Å². The Morgan fingerprint density at radius 3 is 1.08 bits per heavy atom. The van der Waals surface area contributed by atoms with Gasteiger partial charge >= 0.3 is 0 Å². The second kappa shape index (κ2) is 16.7. The third-order valence-corrected chi connectivity index (χ3v) is 9.91. The Bertz CT molecular complexity index is 1550. The van der Waals surface area contributed by atoms with Crippen molar-refractivity contribution in [2.75, 3.05) is 59.8 Å². The van der Waals surface area contributed by atoms with Gasteiger partial charge in [0.05, 0.1) is 13.2 Å². The van der Waals surface area contributed by atoms with Crippen molar-refractivity contribution >= 4 is 0 Å². The number of rotatable bonds is 20. The van der Waals surface area contributed by atoms with E-state index in [2.05, 4.69) is 76.2 Å². The summed E-state index contributed by atoms with van der Waals surface area (Å²) in [5, 5.41) is 21.3. The Morgan fingerprint density at radius 2 is 0.808 bits per heavy atom. The van der Waals surface area contributed by atoms with E-state index in [9.17, 15) is 10.2 Å². The zero-order chi connectivity index (χ0) is 36.7. The van der Waals surface area contributed by atoms with Gasteiger partial charge in [-0.05, 0) is 77.8 Å². The third-order valence-electron chi connectivity index (χ3n) is 9.91. The van der Waals surface area contributed by atoms with Crippen LogP contribution in [0.15, 0.2) is 97.1 Å². The predicted molar refractivity (Wildman–Crippen MR) is 201 cm³/mol. The molecule has 2 heterocycles. The topological polar surface area (TPSA) is 106 Å². The highest BCUT2D eigenvalue weighted by atomic mass is 16.6. The minimum atomic E-state index is -0.724. The molecule has 0 bridgehead atoms. The Balaban J connectivity index is 0.894. The quantitative estimate of drug-likeness (QED) is 0.107. The van der Waals surface area contributed by atoms with Crippen molar-refractivity contribution in [2.45, 2.75) is 62.9 Å². The SMILES string of the molecule is CN(CC(O)COc1ccc(C(C)(C)c2ccc(OCC3CO3)cc2)cc1)CC(O)COc1ccc(C(C)(C)c2ccc(OCC3CO3)cc2)cc1. The summed E-state index contributed by atoms with van der Waals surface area (Å²) in [7, 11) is 1.86. The van der Waals surface area contributed by atoms with E-state index in [1.807, 2.05) is 60.5 Å². The van der Waals surface area contributed by atoms with Crippen molar-refractivity contribution in [1.82, 2.24) is 4.90 Å². The van der Waals surface area contributed by atoms with Crippen molar-refractivity contribution in [3.8, 4) is 23.0 Å². The third kappa shape index (κ3) is 10.5. The summed E-state index contributed by atoms with van der Waals surface area (Å²) in [6.45, 7) is 12.5. The smallest absolute Gasteiger partial charge is 0.119 e. The zero-order valence-corrected chi connectivity index (χ0v) is 31.0. The van der Waals surface area contributed by atoms with Crippen LogP contribution < -0.4 is 18.9 Å². The number of ether oxygens (including phenoxy) is 6. The maximum absolute atomic E-state index is 10.7. The predicted octanol–water partition coefficient (Wildman–Crippen LogP) is 6.01. The van der Waals surface area contributed by atoms with Crippen LogP contribution in [0.2, 0.25) is 0 Å². The normalized spacial score (nSPS) is 18.1. The summed E-state index contributed by atoms with van der Waals surface area (Å²) >= 11 is 0. The van der Waals surface area contributed by atoms with E-state index < -0.39 is 12.2 Å². The van der Waals surface area contributed by atoms with Crippen LogP contribution in [-0.2, 0) is 20.3 Å². The molecule has 52 heavy (non-hydrogen) atoms. The van der Waals surface area contributed by atoms with Crippen LogP contribution in [0.25, 0.3) is 0 Å². The molecule has 2 aliphatic heterocycles. The van der Waals surface area contributed by atoms with E-state index >= 15 is 0 Å². The molecule has 2 saturated heterocycles. The summed E-state index contributed by atoms with van der Waals surface area (Å²) in [6, 6.07) is 32.5. The number of hydrogen-bond donors (Lipinski definition) is 2. The minimum Gasteiger partial charge on any atom is -0.491 e. The molecule has 0 radical (unpaired) electrons. The van der Waals surface area contributed by atoms with Gasteiger partial charge in [0, 0.05) is 23.9 Å². The van der Waals surface area contributed by atoms with Crippen LogP contribution in [0, 0.1) is 0 Å². The summed E-state index contributed by atoms with van der Waals surface area (Å²) in [4.78, 5) is 1.88.